The van der Waals surface area contributed by atoms with E-state index in [4.69, 9.17) is 5.90 Å². The van der Waals surface area contributed by atoms with Gasteiger partial charge in [-0.05, 0) is 5.90 Å². The third kappa shape index (κ3) is 1.54. The van der Waals surface area contributed by atoms with Crippen LogP contribution >= 0.6 is 0 Å². The van der Waals surface area contributed by atoms with E-state index >= 15 is 0 Å². The lowest BCUT2D eigenvalue weighted by Crippen LogP contribution is -2.00. The molecule has 0 saturated carbocycles. The van der Waals surface area contributed by atoms with Crippen LogP contribution in [0.3, 0.4) is 0 Å². The number of rotatable bonds is 0. The van der Waals surface area contributed by atoms with Gasteiger partial charge in [0, 0.05) is 0 Å². The number of nitrogens with one attached hydrogen (secondary N) is 1. The summed E-state index contributed by atoms with van der Waals surface area (Å²) < 4.78 is 3.85. The van der Waals surface area contributed by atoms with Gasteiger partial charge in [-0.1, -0.05) is 0 Å². The average Bonchev–Trinajstić information content (AvgIpc) is 1.65. The maximum absolute atomic E-state index is 9.55. The van der Waals surface area contributed by atoms with Crippen molar-refractivity contribution in [1.82, 2.24) is 5.90 Å². The Bertz CT molecular complexity index is 46.8. The quantitative estimate of drug-likeness (QED) is 0.310. The van der Waals surface area contributed by atoms with Crippen molar-refractivity contribution < 1.29 is 14.4 Å². The molecule has 0 aliphatic heterocycles. The van der Waals surface area contributed by atoms with Crippen molar-refractivity contribution in [2.24, 2.45) is 0 Å². The van der Waals surface area contributed by atoms with Crippen LogP contribution in [0.5, 0.6) is 0 Å². The number of hydrogen-bond donors (Lipinski definition) is 0. The Morgan fingerprint density at radius 3 is 2.33 bits per heavy atom. The number of carbonyl (C=O) groups excluding carboxylic acids is 1. The largest absolute Gasteiger partial charge is 0.528 e. The molecule has 0 amide bonds. The molecule has 1 N–H and O–H groups in total. The number of hydrogen-bond acceptors (Lipinski definition) is 3. The lowest BCUT2D eigenvalue weighted by Gasteiger charge is -1.87. The Morgan fingerprint density at radius 2 is 2.33 bits per heavy atom. The van der Waals surface area contributed by atoms with E-state index in [-0.39, 0.29) is 0 Å². The topological polar surface area (TPSA) is 59.3 Å². The molecule has 0 aromatic carbocycles. The van der Waals surface area contributed by atoms with Crippen molar-refractivity contribution in [3.8, 4) is 0 Å². The first-order valence-corrected chi connectivity index (χ1v) is 1.22. The maximum Gasteiger partial charge on any atom is 0.528 e. The summed E-state index contributed by atoms with van der Waals surface area (Å²) in [5.74, 6) is 5.83. The van der Waals surface area contributed by atoms with Crippen LogP contribution in [0, 0.1) is 0 Å². The zero-order valence-electron chi connectivity index (χ0n) is 3.22. The third-order valence-electron chi connectivity index (χ3n) is 0.250. The summed E-state index contributed by atoms with van der Waals surface area (Å²) in [6, 6.07) is 0. The fraction of sp³-hybridized carbons (Fsp3) is 0.500. The molecular weight excluding hydrogens is 86.0 g/mol. The minimum Gasteiger partial charge on any atom is -0.436 e. The molecule has 6 heavy (non-hydrogen) atoms. The molecule has 0 heterocycles. The molecule has 0 aromatic rings. The molecule has 0 atom stereocenters. The minimum absolute atomic E-state index is 0.991. The van der Waals surface area contributed by atoms with Gasteiger partial charge < -0.3 is 9.57 Å². The van der Waals surface area contributed by atoms with Crippen LogP contribution in [-0.2, 0) is 9.57 Å². The van der Waals surface area contributed by atoms with Gasteiger partial charge >= 0.3 is 6.16 Å². The van der Waals surface area contributed by atoms with Gasteiger partial charge in [-0.25, -0.2) is 4.79 Å². The third-order valence-corrected chi connectivity index (χ3v) is 0.250. The standard InChI is InChI=1S/C2H4NO3/c1-5-2(4)6-3/h3H,1H3. The number of carbonyl (C=O) groups is 1. The molecule has 4 heteroatoms. The summed E-state index contributed by atoms with van der Waals surface area (Å²) in [5, 5.41) is 0. The van der Waals surface area contributed by atoms with E-state index in [2.05, 4.69) is 9.57 Å². The molecule has 1 radical (unpaired) electrons. The number of methoxy groups -OCH3 is 1. The smallest absolute Gasteiger partial charge is 0.436 e. The highest BCUT2D eigenvalue weighted by molar-refractivity contribution is 5.58. The highest BCUT2D eigenvalue weighted by Crippen LogP contribution is 1.70. The molecule has 0 fully saturated rings. The Morgan fingerprint density at radius 1 is 1.83 bits per heavy atom. The van der Waals surface area contributed by atoms with E-state index in [1.165, 1.54) is 0 Å². The first-order valence-electron chi connectivity index (χ1n) is 1.22. The fourth-order valence-electron chi connectivity index (χ4n) is 0.0417. The van der Waals surface area contributed by atoms with Crippen LogP contribution < -0.4 is 5.90 Å². The molecule has 35 valence electrons. The number of ether oxygens (including phenoxy) is 1. The van der Waals surface area contributed by atoms with Crippen molar-refractivity contribution in [3.63, 3.8) is 0 Å². The van der Waals surface area contributed by atoms with Crippen molar-refractivity contribution in [2.45, 2.75) is 0 Å². The Labute approximate surface area is 34.8 Å². The van der Waals surface area contributed by atoms with Gasteiger partial charge in [0.2, 0.25) is 0 Å². The second-order valence-electron chi connectivity index (χ2n) is 0.556. The van der Waals surface area contributed by atoms with E-state index in [9.17, 15) is 4.79 Å². The van der Waals surface area contributed by atoms with E-state index in [1.54, 1.807) is 0 Å². The molecule has 0 saturated heterocycles. The van der Waals surface area contributed by atoms with E-state index in [0.717, 1.165) is 7.11 Å². The van der Waals surface area contributed by atoms with Crippen molar-refractivity contribution in [1.29, 1.82) is 0 Å². The van der Waals surface area contributed by atoms with Crippen LogP contribution in [0.25, 0.3) is 0 Å². The molecule has 4 nitrogen and oxygen atoms in total. The van der Waals surface area contributed by atoms with Crippen LogP contribution in [0.15, 0.2) is 0 Å². The van der Waals surface area contributed by atoms with Crippen LogP contribution in [0.1, 0.15) is 0 Å². The zero-order chi connectivity index (χ0) is 4.99. The molecule has 0 unspecified atom stereocenters. The summed E-state index contributed by atoms with van der Waals surface area (Å²) in [4.78, 5) is 12.8. The highest BCUT2D eigenvalue weighted by atomic mass is 16.8. The molecule has 0 rings (SSSR count). The molecular formula is C2H4NO3. The Kier molecular flexibility index (Phi) is 2.15. The predicted octanol–water partition coefficient (Wildman–Crippen LogP) is -0.0327. The van der Waals surface area contributed by atoms with Gasteiger partial charge in [-0.3, -0.25) is 0 Å². The summed E-state index contributed by atoms with van der Waals surface area (Å²) in [6.07, 6.45) is -0.991. The first kappa shape index (κ1) is 5.23. The Hall–Kier alpha value is -0.770. The van der Waals surface area contributed by atoms with Crippen molar-refractivity contribution in [2.75, 3.05) is 7.11 Å². The van der Waals surface area contributed by atoms with Gasteiger partial charge in [-0.15, -0.1) is 0 Å². The molecule has 0 spiro atoms. The van der Waals surface area contributed by atoms with E-state index < -0.39 is 6.16 Å². The lowest BCUT2D eigenvalue weighted by molar-refractivity contribution is 0.0654. The summed E-state index contributed by atoms with van der Waals surface area (Å²) >= 11 is 0. The van der Waals surface area contributed by atoms with Crippen LogP contribution in [0.2, 0.25) is 0 Å². The van der Waals surface area contributed by atoms with E-state index in [0.29, 0.717) is 0 Å². The second-order valence-corrected chi connectivity index (χ2v) is 0.556. The summed E-state index contributed by atoms with van der Waals surface area (Å²) in [5.41, 5.74) is 0. The first-order chi connectivity index (χ1) is 2.81. The summed E-state index contributed by atoms with van der Waals surface area (Å²) in [7, 11) is 1.14. The molecule has 0 aliphatic carbocycles. The van der Waals surface area contributed by atoms with Crippen LogP contribution in [-0.4, -0.2) is 13.3 Å². The minimum atomic E-state index is -0.991. The van der Waals surface area contributed by atoms with E-state index in [1.807, 2.05) is 0 Å². The monoisotopic (exact) mass is 90.0 g/mol. The zero-order valence-corrected chi connectivity index (χ0v) is 3.22. The van der Waals surface area contributed by atoms with Gasteiger partial charge in [0.1, 0.15) is 0 Å². The van der Waals surface area contributed by atoms with Gasteiger partial charge in [0.25, 0.3) is 0 Å². The van der Waals surface area contributed by atoms with Gasteiger partial charge in [0.15, 0.2) is 0 Å². The molecule has 0 aliphatic rings. The molecule has 0 aromatic heterocycles. The van der Waals surface area contributed by atoms with Gasteiger partial charge in [0.05, 0.1) is 7.11 Å². The fourth-order valence-corrected chi connectivity index (χ4v) is 0.0417. The van der Waals surface area contributed by atoms with Crippen molar-refractivity contribution >= 4 is 6.16 Å². The second kappa shape index (κ2) is 2.47. The van der Waals surface area contributed by atoms with Crippen molar-refractivity contribution in [3.05, 3.63) is 0 Å². The normalized spacial score (nSPS) is 7.00. The van der Waals surface area contributed by atoms with Gasteiger partial charge in [-0.2, -0.15) is 0 Å². The predicted molar refractivity (Wildman–Crippen MR) is 16.6 cm³/mol. The highest BCUT2D eigenvalue weighted by Gasteiger charge is 1.91. The maximum atomic E-state index is 9.55. The Balaban J connectivity index is 2.99. The summed E-state index contributed by atoms with van der Waals surface area (Å²) in [6.45, 7) is 0. The molecule has 0 bridgehead atoms. The average molecular weight is 90.1 g/mol. The lowest BCUT2D eigenvalue weighted by atomic mass is 11.4. The SMILES string of the molecule is COC(=O)O[NH]. The van der Waals surface area contributed by atoms with Crippen LogP contribution in [0.4, 0.5) is 4.79 Å².